The molecule has 0 radical (unpaired) electrons. The van der Waals surface area contributed by atoms with E-state index in [4.69, 9.17) is 34.8 Å². The van der Waals surface area contributed by atoms with Crippen LogP contribution in [0, 0.1) is 0 Å². The Kier molecular flexibility index (Phi) is 5.47. The molecule has 0 saturated carbocycles. The van der Waals surface area contributed by atoms with Crippen molar-refractivity contribution in [1.29, 1.82) is 0 Å². The Balaban J connectivity index is 1.74. The van der Waals surface area contributed by atoms with Crippen LogP contribution >= 0.6 is 34.8 Å². The van der Waals surface area contributed by atoms with E-state index in [1.54, 1.807) is 30.5 Å². The smallest absolute Gasteiger partial charge is 0.244 e. The number of fused-ring (bicyclic) bond motifs is 1. The Morgan fingerprint density at radius 1 is 0.781 bits per heavy atom. The van der Waals surface area contributed by atoms with Crippen molar-refractivity contribution in [2.24, 2.45) is 0 Å². The van der Waals surface area contributed by atoms with E-state index in [9.17, 15) is 4.79 Å². The summed E-state index contributed by atoms with van der Waals surface area (Å²) in [6.45, 7) is 0.298. The summed E-state index contributed by atoms with van der Waals surface area (Å²) in [6, 6.07) is 22.2. The highest BCUT2D eigenvalue weighted by molar-refractivity contribution is 6.31. The van der Waals surface area contributed by atoms with E-state index in [0.717, 1.165) is 27.8 Å². The summed E-state index contributed by atoms with van der Waals surface area (Å²) in [7, 11) is 0. The quantitative estimate of drug-likeness (QED) is 0.305. The molecule has 0 amide bonds. The maximum atomic E-state index is 13.1. The Morgan fingerprint density at radius 2 is 1.47 bits per heavy atom. The lowest BCUT2D eigenvalue weighted by atomic mass is 9.97. The summed E-state index contributed by atoms with van der Waals surface area (Å²) in [5.41, 5.74) is 4.34. The summed E-state index contributed by atoms with van der Waals surface area (Å²) in [5.74, 6) is 0. The third kappa shape index (κ3) is 3.91. The van der Waals surface area contributed by atoms with Gasteiger partial charge in [-0.1, -0.05) is 71.2 Å². The fourth-order valence-corrected chi connectivity index (χ4v) is 4.04. The monoisotopic (exact) mass is 480 g/mol. The maximum Gasteiger partial charge on any atom is 0.367 e. The fraction of sp³-hybridized carbons (Fsp3) is 0.0417. The zero-order chi connectivity index (χ0) is 22.2. The Morgan fingerprint density at radius 3 is 2.16 bits per heavy atom. The molecular weight excluding hydrogens is 467 g/mol. The van der Waals surface area contributed by atoms with Gasteiger partial charge in [0.1, 0.15) is 0 Å². The molecule has 2 heterocycles. The lowest BCUT2D eigenvalue weighted by molar-refractivity contribution is 0.650. The minimum absolute atomic E-state index is 0.298. The molecule has 32 heavy (non-hydrogen) atoms. The highest BCUT2D eigenvalue weighted by Gasteiger charge is 2.19. The Bertz CT molecular complexity index is 1490. The van der Waals surface area contributed by atoms with Gasteiger partial charge in [-0.25, -0.2) is 9.48 Å². The Labute approximate surface area is 198 Å². The van der Waals surface area contributed by atoms with Crippen molar-refractivity contribution in [3.63, 3.8) is 0 Å². The predicted molar refractivity (Wildman–Crippen MR) is 129 cm³/mol. The molecule has 5 rings (SSSR count). The number of benzene rings is 3. The van der Waals surface area contributed by atoms with Crippen molar-refractivity contribution in [1.82, 2.24) is 19.4 Å². The number of nitrogens with zero attached hydrogens (tertiary/aromatic N) is 4. The minimum atomic E-state index is -0.331. The van der Waals surface area contributed by atoms with E-state index in [-0.39, 0.29) is 5.69 Å². The highest BCUT2D eigenvalue weighted by Crippen LogP contribution is 2.35. The van der Waals surface area contributed by atoms with Gasteiger partial charge in [0.15, 0.2) is 5.65 Å². The van der Waals surface area contributed by atoms with Crippen molar-refractivity contribution in [3.8, 4) is 22.3 Å². The third-order valence-electron chi connectivity index (χ3n) is 5.13. The highest BCUT2D eigenvalue weighted by atomic mass is 35.5. The van der Waals surface area contributed by atoms with Crippen LogP contribution in [0.5, 0.6) is 0 Å². The van der Waals surface area contributed by atoms with Crippen molar-refractivity contribution in [2.45, 2.75) is 6.54 Å². The van der Waals surface area contributed by atoms with Crippen molar-refractivity contribution >= 4 is 40.4 Å². The van der Waals surface area contributed by atoms with E-state index in [1.807, 2.05) is 48.5 Å². The lowest BCUT2D eigenvalue weighted by Crippen LogP contribution is -2.22. The number of hydrogen-bond donors (Lipinski definition) is 0. The van der Waals surface area contributed by atoms with Gasteiger partial charge in [0.25, 0.3) is 0 Å². The van der Waals surface area contributed by atoms with Crippen LogP contribution in [-0.4, -0.2) is 19.4 Å². The van der Waals surface area contributed by atoms with Crippen LogP contribution in [0.3, 0.4) is 0 Å². The summed E-state index contributed by atoms with van der Waals surface area (Å²) >= 11 is 18.3. The molecule has 0 aliphatic heterocycles. The average molecular weight is 482 g/mol. The fourth-order valence-electron chi connectivity index (χ4n) is 3.60. The predicted octanol–water partition coefficient (Wildman–Crippen LogP) is 6.23. The van der Waals surface area contributed by atoms with Crippen LogP contribution in [0.15, 0.2) is 83.8 Å². The standard InChI is InChI=1S/C24H15Cl3N4O/c25-18-8-4-15(5-9-18)14-30-24(32)31-23(29-30)22(16-6-10-19(26)11-7-16)21(13-28-31)17-2-1-3-20(27)12-17/h1-13H,14H2. The SMILES string of the molecule is O=c1n(Cc2ccc(Cl)cc2)nc2c(-c3ccc(Cl)cc3)c(-c3cccc(Cl)c3)cnn12. The van der Waals surface area contributed by atoms with Gasteiger partial charge in [-0.05, 0) is 53.1 Å². The van der Waals surface area contributed by atoms with Crippen LogP contribution in [-0.2, 0) is 6.54 Å². The van der Waals surface area contributed by atoms with E-state index < -0.39 is 0 Å². The average Bonchev–Trinajstić information content (AvgIpc) is 3.11. The molecule has 0 saturated heterocycles. The molecule has 5 nitrogen and oxygen atoms in total. The van der Waals surface area contributed by atoms with Crippen molar-refractivity contribution in [2.75, 3.05) is 0 Å². The first-order valence-electron chi connectivity index (χ1n) is 9.75. The molecule has 0 aliphatic carbocycles. The molecule has 3 aromatic carbocycles. The van der Waals surface area contributed by atoms with Crippen LogP contribution in [0.25, 0.3) is 27.9 Å². The van der Waals surface area contributed by atoms with Crippen molar-refractivity contribution in [3.05, 3.63) is 110 Å². The summed E-state index contributed by atoms with van der Waals surface area (Å²) in [5, 5.41) is 10.9. The van der Waals surface area contributed by atoms with E-state index >= 15 is 0 Å². The molecule has 5 aromatic rings. The van der Waals surface area contributed by atoms with E-state index in [0.29, 0.717) is 27.3 Å². The van der Waals surface area contributed by atoms with Gasteiger partial charge >= 0.3 is 5.69 Å². The first-order valence-corrected chi connectivity index (χ1v) is 10.9. The van der Waals surface area contributed by atoms with Gasteiger partial charge in [-0.3, -0.25) is 0 Å². The molecule has 158 valence electrons. The maximum absolute atomic E-state index is 13.1. The molecule has 0 spiro atoms. The Hall–Kier alpha value is -3.12. The third-order valence-corrected chi connectivity index (χ3v) is 5.87. The van der Waals surface area contributed by atoms with Gasteiger partial charge in [0.2, 0.25) is 0 Å². The van der Waals surface area contributed by atoms with Gasteiger partial charge < -0.3 is 0 Å². The topological polar surface area (TPSA) is 52.2 Å². The molecule has 0 bridgehead atoms. The minimum Gasteiger partial charge on any atom is -0.244 e. The second-order valence-electron chi connectivity index (χ2n) is 7.25. The zero-order valence-electron chi connectivity index (χ0n) is 16.5. The number of halogens is 3. The molecule has 0 N–H and O–H groups in total. The van der Waals surface area contributed by atoms with E-state index in [1.165, 1.54) is 9.20 Å². The molecule has 2 aromatic heterocycles. The van der Waals surface area contributed by atoms with Crippen LogP contribution in [0.1, 0.15) is 5.56 Å². The number of hydrogen-bond acceptors (Lipinski definition) is 3. The molecular formula is C24H15Cl3N4O. The number of rotatable bonds is 4. The van der Waals surface area contributed by atoms with E-state index in [2.05, 4.69) is 10.2 Å². The van der Waals surface area contributed by atoms with Crippen LogP contribution < -0.4 is 5.69 Å². The van der Waals surface area contributed by atoms with Gasteiger partial charge in [0.05, 0.1) is 12.7 Å². The van der Waals surface area contributed by atoms with Crippen LogP contribution in [0.2, 0.25) is 15.1 Å². The van der Waals surface area contributed by atoms with Crippen molar-refractivity contribution < 1.29 is 0 Å². The lowest BCUT2D eigenvalue weighted by Gasteiger charge is -2.11. The first-order chi connectivity index (χ1) is 15.5. The van der Waals surface area contributed by atoms with Gasteiger partial charge in [0, 0.05) is 26.2 Å². The molecule has 0 atom stereocenters. The zero-order valence-corrected chi connectivity index (χ0v) is 18.8. The second kappa shape index (κ2) is 8.43. The van der Waals surface area contributed by atoms with Gasteiger partial charge in [-0.15, -0.1) is 5.10 Å². The number of aromatic nitrogens is 4. The van der Waals surface area contributed by atoms with Gasteiger partial charge in [-0.2, -0.15) is 9.61 Å². The second-order valence-corrected chi connectivity index (χ2v) is 8.56. The summed E-state index contributed by atoms with van der Waals surface area (Å²) in [4.78, 5) is 13.1. The molecule has 0 fully saturated rings. The molecule has 0 unspecified atom stereocenters. The largest absolute Gasteiger partial charge is 0.367 e. The first kappa shape index (κ1) is 20.8. The summed E-state index contributed by atoms with van der Waals surface area (Å²) in [6.07, 6.45) is 1.66. The summed E-state index contributed by atoms with van der Waals surface area (Å²) < 4.78 is 2.71. The van der Waals surface area contributed by atoms with Crippen LogP contribution in [0.4, 0.5) is 0 Å². The normalized spacial score (nSPS) is 11.2. The molecule has 8 heteroatoms. The molecule has 0 aliphatic rings.